The zero-order chi connectivity index (χ0) is 12.6. The molecule has 2 saturated heterocycles. The van der Waals surface area contributed by atoms with E-state index in [1.54, 1.807) is 0 Å². The third kappa shape index (κ3) is 2.24. The van der Waals surface area contributed by atoms with Crippen molar-refractivity contribution < 1.29 is 4.74 Å². The molecule has 2 fully saturated rings. The zero-order valence-electron chi connectivity index (χ0n) is 11.6. The minimum Gasteiger partial charge on any atom is -0.377 e. The first kappa shape index (κ1) is 13.3. The van der Waals surface area contributed by atoms with Crippen molar-refractivity contribution >= 4 is 0 Å². The van der Waals surface area contributed by atoms with Crippen LogP contribution in [-0.4, -0.2) is 67.3 Å². The lowest BCUT2D eigenvalue weighted by atomic mass is 9.91. The SMILES string of the molecule is CC1OCCC1N(C)C1(CN)CC(C)N(C)C1. The Kier molecular flexibility index (Phi) is 3.78. The van der Waals surface area contributed by atoms with Gasteiger partial charge in [0.05, 0.1) is 6.10 Å². The van der Waals surface area contributed by atoms with E-state index >= 15 is 0 Å². The predicted molar refractivity (Wildman–Crippen MR) is 70.1 cm³/mol. The topological polar surface area (TPSA) is 41.7 Å². The number of hydrogen-bond acceptors (Lipinski definition) is 4. The fourth-order valence-electron chi connectivity index (χ4n) is 3.52. The highest BCUT2D eigenvalue weighted by atomic mass is 16.5. The summed E-state index contributed by atoms with van der Waals surface area (Å²) < 4.78 is 5.69. The molecule has 4 atom stereocenters. The molecule has 17 heavy (non-hydrogen) atoms. The fraction of sp³-hybridized carbons (Fsp3) is 1.00. The molecule has 4 heteroatoms. The number of ether oxygens (including phenoxy) is 1. The molecule has 0 aliphatic carbocycles. The van der Waals surface area contributed by atoms with Gasteiger partial charge in [-0.25, -0.2) is 0 Å². The first-order valence-corrected chi connectivity index (χ1v) is 6.75. The van der Waals surface area contributed by atoms with Crippen LogP contribution < -0.4 is 5.73 Å². The lowest BCUT2D eigenvalue weighted by molar-refractivity contribution is 0.0327. The van der Waals surface area contributed by atoms with Gasteiger partial charge in [0, 0.05) is 37.3 Å². The van der Waals surface area contributed by atoms with Crippen molar-refractivity contribution in [3.8, 4) is 0 Å². The van der Waals surface area contributed by atoms with Crippen molar-refractivity contribution in [2.75, 3.05) is 33.8 Å². The number of rotatable bonds is 3. The standard InChI is InChI=1S/C13H27N3O/c1-10-7-13(8-14,9-15(10)3)16(4)12-5-6-17-11(12)2/h10-12H,5-9,14H2,1-4H3. The Morgan fingerprint density at radius 1 is 1.47 bits per heavy atom. The normalized spacial score (nSPS) is 43.8. The highest BCUT2D eigenvalue weighted by Gasteiger charge is 2.46. The Hall–Kier alpha value is -0.160. The van der Waals surface area contributed by atoms with Crippen molar-refractivity contribution in [3.63, 3.8) is 0 Å². The highest BCUT2D eigenvalue weighted by molar-refractivity contribution is 5.04. The Morgan fingerprint density at radius 2 is 2.18 bits per heavy atom. The molecule has 0 bridgehead atoms. The Bertz CT molecular complexity index is 261. The van der Waals surface area contributed by atoms with Crippen LogP contribution in [0.4, 0.5) is 0 Å². The van der Waals surface area contributed by atoms with E-state index in [0.29, 0.717) is 18.2 Å². The molecule has 2 aliphatic heterocycles. The van der Waals surface area contributed by atoms with Crippen LogP contribution in [0, 0.1) is 0 Å². The third-order valence-electron chi connectivity index (χ3n) is 4.93. The molecule has 0 amide bonds. The summed E-state index contributed by atoms with van der Waals surface area (Å²) in [6.45, 7) is 7.17. The molecule has 2 N–H and O–H groups in total. The van der Waals surface area contributed by atoms with Gasteiger partial charge in [0.15, 0.2) is 0 Å². The van der Waals surface area contributed by atoms with Gasteiger partial charge in [-0.3, -0.25) is 4.90 Å². The quantitative estimate of drug-likeness (QED) is 0.782. The maximum absolute atomic E-state index is 6.10. The van der Waals surface area contributed by atoms with E-state index in [1.807, 2.05) is 0 Å². The van der Waals surface area contributed by atoms with E-state index in [0.717, 1.165) is 26.1 Å². The minimum atomic E-state index is 0.140. The predicted octanol–water partition coefficient (Wildman–Crippen LogP) is 0.517. The number of likely N-dealkylation sites (tertiary alicyclic amines) is 1. The molecule has 100 valence electrons. The van der Waals surface area contributed by atoms with Crippen LogP contribution in [-0.2, 0) is 4.74 Å². The van der Waals surface area contributed by atoms with E-state index in [1.165, 1.54) is 6.42 Å². The number of nitrogens with two attached hydrogens (primary N) is 1. The zero-order valence-corrected chi connectivity index (χ0v) is 11.6. The minimum absolute atomic E-state index is 0.140. The summed E-state index contributed by atoms with van der Waals surface area (Å²) in [5.41, 5.74) is 6.24. The Balaban J connectivity index is 2.12. The van der Waals surface area contributed by atoms with Crippen LogP contribution in [0.5, 0.6) is 0 Å². The van der Waals surface area contributed by atoms with Gasteiger partial charge in [-0.1, -0.05) is 0 Å². The van der Waals surface area contributed by atoms with Crippen molar-refractivity contribution in [2.45, 2.75) is 50.4 Å². The fourth-order valence-corrected chi connectivity index (χ4v) is 3.52. The van der Waals surface area contributed by atoms with E-state index < -0.39 is 0 Å². The van der Waals surface area contributed by atoms with Gasteiger partial charge in [-0.2, -0.15) is 0 Å². The summed E-state index contributed by atoms with van der Waals surface area (Å²) in [5, 5.41) is 0. The second kappa shape index (κ2) is 4.84. The number of likely N-dealkylation sites (N-methyl/N-ethyl adjacent to an activating group) is 2. The monoisotopic (exact) mass is 241 g/mol. The van der Waals surface area contributed by atoms with Crippen LogP contribution in [0.15, 0.2) is 0 Å². The maximum atomic E-state index is 6.10. The van der Waals surface area contributed by atoms with Gasteiger partial charge in [-0.15, -0.1) is 0 Å². The molecule has 0 radical (unpaired) electrons. The summed E-state index contributed by atoms with van der Waals surface area (Å²) in [7, 11) is 4.43. The average molecular weight is 241 g/mol. The molecule has 2 rings (SSSR count). The summed E-state index contributed by atoms with van der Waals surface area (Å²) in [5.74, 6) is 0. The van der Waals surface area contributed by atoms with Crippen LogP contribution in [0.3, 0.4) is 0 Å². The first-order valence-electron chi connectivity index (χ1n) is 6.75. The number of hydrogen-bond donors (Lipinski definition) is 1. The molecule has 4 unspecified atom stereocenters. The van der Waals surface area contributed by atoms with Crippen molar-refractivity contribution in [3.05, 3.63) is 0 Å². The third-order valence-corrected chi connectivity index (χ3v) is 4.93. The molecule has 0 saturated carbocycles. The van der Waals surface area contributed by atoms with E-state index in [2.05, 4.69) is 37.7 Å². The van der Waals surface area contributed by atoms with Gasteiger partial charge in [0.2, 0.25) is 0 Å². The lowest BCUT2D eigenvalue weighted by Gasteiger charge is -2.42. The van der Waals surface area contributed by atoms with Crippen LogP contribution in [0.2, 0.25) is 0 Å². The summed E-state index contributed by atoms with van der Waals surface area (Å²) >= 11 is 0. The maximum Gasteiger partial charge on any atom is 0.0703 e. The molecule has 0 aromatic rings. The van der Waals surface area contributed by atoms with E-state index in [-0.39, 0.29) is 5.54 Å². The second-order valence-electron chi connectivity index (χ2n) is 5.94. The van der Waals surface area contributed by atoms with Gasteiger partial charge in [-0.05, 0) is 40.8 Å². The molecule has 4 nitrogen and oxygen atoms in total. The lowest BCUT2D eigenvalue weighted by Crippen LogP contribution is -2.58. The molecule has 0 aromatic heterocycles. The van der Waals surface area contributed by atoms with Crippen molar-refractivity contribution in [2.24, 2.45) is 5.73 Å². The molecular formula is C13H27N3O. The van der Waals surface area contributed by atoms with Crippen molar-refractivity contribution in [1.29, 1.82) is 0 Å². The number of nitrogens with zero attached hydrogens (tertiary/aromatic N) is 2. The molecule has 2 aliphatic rings. The molecule has 0 spiro atoms. The first-order chi connectivity index (χ1) is 8.00. The summed E-state index contributed by atoms with van der Waals surface area (Å²) in [6.07, 6.45) is 2.64. The van der Waals surface area contributed by atoms with Crippen molar-refractivity contribution in [1.82, 2.24) is 9.80 Å². The van der Waals surface area contributed by atoms with Crippen LogP contribution in [0.1, 0.15) is 26.7 Å². The summed E-state index contributed by atoms with van der Waals surface area (Å²) in [6, 6.07) is 1.15. The van der Waals surface area contributed by atoms with Gasteiger partial charge in [0.25, 0.3) is 0 Å². The van der Waals surface area contributed by atoms with Crippen LogP contribution >= 0.6 is 0 Å². The summed E-state index contributed by atoms with van der Waals surface area (Å²) in [4.78, 5) is 4.93. The Morgan fingerprint density at radius 3 is 2.59 bits per heavy atom. The van der Waals surface area contributed by atoms with Gasteiger partial charge >= 0.3 is 0 Å². The molecular weight excluding hydrogens is 214 g/mol. The molecule has 2 heterocycles. The molecule has 0 aromatic carbocycles. The van der Waals surface area contributed by atoms with Gasteiger partial charge < -0.3 is 15.4 Å². The largest absolute Gasteiger partial charge is 0.377 e. The van der Waals surface area contributed by atoms with Crippen LogP contribution in [0.25, 0.3) is 0 Å². The van der Waals surface area contributed by atoms with E-state index in [9.17, 15) is 0 Å². The smallest absolute Gasteiger partial charge is 0.0703 e. The van der Waals surface area contributed by atoms with E-state index in [4.69, 9.17) is 10.5 Å². The second-order valence-corrected chi connectivity index (χ2v) is 5.94. The Labute approximate surface area is 105 Å². The van der Waals surface area contributed by atoms with Gasteiger partial charge in [0.1, 0.15) is 0 Å². The highest BCUT2D eigenvalue weighted by Crippen LogP contribution is 2.34. The average Bonchev–Trinajstić information content (AvgIpc) is 2.84.